The number of allylic oxidation sites excluding steroid dienone is 5. The minimum Gasteiger partial charge on any atom is -0.280 e. The molecule has 0 radical (unpaired) electrons. The zero-order valence-electron chi connectivity index (χ0n) is 24.8. The summed E-state index contributed by atoms with van der Waals surface area (Å²) in [4.78, 5) is 14.8. The molecule has 0 fully saturated rings. The maximum atomic E-state index is 5.14. The van der Waals surface area contributed by atoms with Crippen LogP contribution < -0.4 is 0 Å². The van der Waals surface area contributed by atoms with Crippen LogP contribution in [0.3, 0.4) is 0 Å². The molecule has 1 aliphatic heterocycles. The van der Waals surface area contributed by atoms with Gasteiger partial charge in [-0.2, -0.15) is 0 Å². The summed E-state index contributed by atoms with van der Waals surface area (Å²) in [6, 6.07) is 30.7. The van der Waals surface area contributed by atoms with Crippen molar-refractivity contribution in [3.8, 4) is 11.1 Å². The molecule has 0 aromatic heterocycles. The molecule has 2 aliphatic rings. The molecule has 212 valence electrons. The Morgan fingerprint density at radius 3 is 2.16 bits per heavy atom. The molecule has 0 saturated heterocycles. The Morgan fingerprint density at radius 1 is 0.814 bits per heavy atom. The molecular formula is C39H34N2S2. The van der Waals surface area contributed by atoms with Gasteiger partial charge in [-0.25, -0.2) is 0 Å². The molecule has 6 rings (SSSR count). The fourth-order valence-electron chi connectivity index (χ4n) is 5.76. The Balaban J connectivity index is 1.47. The summed E-state index contributed by atoms with van der Waals surface area (Å²) < 4.78 is 0. The minimum atomic E-state index is -0.0982. The highest BCUT2D eigenvalue weighted by molar-refractivity contribution is 8.05. The van der Waals surface area contributed by atoms with Gasteiger partial charge in [-0.3, -0.25) is 9.98 Å². The molecule has 43 heavy (non-hydrogen) atoms. The average molecular weight is 595 g/mol. The van der Waals surface area contributed by atoms with Crippen LogP contribution in [0.15, 0.2) is 163 Å². The van der Waals surface area contributed by atoms with E-state index in [4.69, 9.17) is 4.99 Å². The molecule has 0 unspecified atom stereocenters. The lowest BCUT2D eigenvalue weighted by Crippen LogP contribution is -2.15. The minimum absolute atomic E-state index is 0.0982. The highest BCUT2D eigenvalue weighted by Gasteiger charge is 2.37. The van der Waals surface area contributed by atoms with Gasteiger partial charge in [0.05, 0.1) is 18.0 Å². The lowest BCUT2D eigenvalue weighted by atomic mass is 9.82. The van der Waals surface area contributed by atoms with Crippen LogP contribution in [-0.2, 0) is 12.0 Å². The van der Waals surface area contributed by atoms with Crippen LogP contribution >= 0.6 is 23.5 Å². The van der Waals surface area contributed by atoms with Crippen LogP contribution in [0.2, 0.25) is 0 Å². The van der Waals surface area contributed by atoms with Crippen molar-refractivity contribution in [3.05, 3.63) is 155 Å². The molecule has 0 spiro atoms. The molecule has 0 bridgehead atoms. The van der Waals surface area contributed by atoms with Crippen molar-refractivity contribution < 1.29 is 0 Å². The third-order valence-corrected chi connectivity index (χ3v) is 10.6. The Kier molecular flexibility index (Phi) is 8.25. The van der Waals surface area contributed by atoms with Crippen LogP contribution in [-0.4, -0.2) is 12.4 Å². The van der Waals surface area contributed by atoms with Crippen molar-refractivity contribution in [3.63, 3.8) is 0 Å². The van der Waals surface area contributed by atoms with Gasteiger partial charge in [0.15, 0.2) is 0 Å². The second kappa shape index (κ2) is 12.2. The third kappa shape index (κ3) is 5.65. The fraction of sp³-hybridized carbons (Fsp3) is 0.128. The summed E-state index contributed by atoms with van der Waals surface area (Å²) in [6.07, 6.45) is 9.77. The van der Waals surface area contributed by atoms with Crippen molar-refractivity contribution in [2.24, 2.45) is 9.98 Å². The predicted molar refractivity (Wildman–Crippen MR) is 186 cm³/mol. The van der Waals surface area contributed by atoms with Gasteiger partial charge in [0.1, 0.15) is 0 Å². The number of rotatable bonds is 8. The first-order chi connectivity index (χ1) is 20.9. The Hall–Kier alpha value is -4.12. The maximum absolute atomic E-state index is 5.14. The normalized spacial score (nSPS) is 15.5. The van der Waals surface area contributed by atoms with Gasteiger partial charge >= 0.3 is 0 Å². The summed E-state index contributed by atoms with van der Waals surface area (Å²) in [7, 11) is 0. The number of hydrogen-bond acceptors (Lipinski definition) is 4. The molecule has 4 heteroatoms. The lowest BCUT2D eigenvalue weighted by molar-refractivity contribution is 0.657. The lowest BCUT2D eigenvalue weighted by Gasteiger charge is -2.24. The maximum Gasteiger partial charge on any atom is 0.0712 e. The second-order valence-corrected chi connectivity index (χ2v) is 13.3. The third-order valence-electron chi connectivity index (χ3n) is 8.06. The average Bonchev–Trinajstić information content (AvgIpc) is 3.25. The van der Waals surface area contributed by atoms with E-state index in [1.54, 1.807) is 6.08 Å². The largest absolute Gasteiger partial charge is 0.280 e. The quantitative estimate of drug-likeness (QED) is 0.132. The van der Waals surface area contributed by atoms with E-state index in [0.29, 0.717) is 6.54 Å². The molecule has 0 atom stereocenters. The molecule has 0 N–H and O–H groups in total. The van der Waals surface area contributed by atoms with E-state index >= 15 is 0 Å². The number of aliphatic imine (C=N–C) groups is 2. The Morgan fingerprint density at radius 2 is 1.49 bits per heavy atom. The molecule has 2 nitrogen and oxygen atoms in total. The van der Waals surface area contributed by atoms with Gasteiger partial charge in [0.2, 0.25) is 0 Å². The molecule has 1 aliphatic carbocycles. The van der Waals surface area contributed by atoms with Crippen molar-refractivity contribution in [1.82, 2.24) is 0 Å². The van der Waals surface area contributed by atoms with E-state index < -0.39 is 0 Å². The summed E-state index contributed by atoms with van der Waals surface area (Å²) in [5, 5.41) is 0. The molecule has 0 saturated carbocycles. The highest BCUT2D eigenvalue weighted by atomic mass is 32.2. The van der Waals surface area contributed by atoms with E-state index in [1.807, 2.05) is 54.7 Å². The van der Waals surface area contributed by atoms with Gasteiger partial charge in [0, 0.05) is 30.6 Å². The number of benzene rings is 4. The topological polar surface area (TPSA) is 24.7 Å². The van der Waals surface area contributed by atoms with Gasteiger partial charge < -0.3 is 0 Å². The van der Waals surface area contributed by atoms with E-state index in [0.717, 1.165) is 28.1 Å². The van der Waals surface area contributed by atoms with Gasteiger partial charge in [0.25, 0.3) is 0 Å². The predicted octanol–water partition coefficient (Wildman–Crippen LogP) is 10.9. The van der Waals surface area contributed by atoms with Gasteiger partial charge in [-0.1, -0.05) is 123 Å². The highest BCUT2D eigenvalue weighted by Crippen LogP contribution is 2.55. The van der Waals surface area contributed by atoms with E-state index in [-0.39, 0.29) is 5.41 Å². The zero-order valence-corrected chi connectivity index (χ0v) is 26.4. The van der Waals surface area contributed by atoms with Crippen molar-refractivity contribution in [1.29, 1.82) is 0 Å². The summed E-state index contributed by atoms with van der Waals surface area (Å²) >= 11 is 3.75. The first kappa shape index (κ1) is 29.0. The SMILES string of the molecule is C=C\C=C/C(=C\C)C(=C/C(=NCc1ccccc1)c1ccc2c(c1)-c1cc3c(cc1C2(C)C)Sc1ccccc1S3)/N=C. The van der Waals surface area contributed by atoms with Crippen LogP contribution in [0.5, 0.6) is 0 Å². The Bertz CT molecular complexity index is 1860. The molecule has 0 amide bonds. The van der Waals surface area contributed by atoms with E-state index in [2.05, 4.69) is 117 Å². The van der Waals surface area contributed by atoms with Crippen LogP contribution in [0, 0.1) is 0 Å². The van der Waals surface area contributed by atoms with Gasteiger partial charge in [-0.15, -0.1) is 0 Å². The van der Waals surface area contributed by atoms with Crippen LogP contribution in [0.1, 0.15) is 43.0 Å². The van der Waals surface area contributed by atoms with Crippen molar-refractivity contribution >= 4 is 36.0 Å². The summed E-state index contributed by atoms with van der Waals surface area (Å²) in [5.41, 5.74) is 10.1. The van der Waals surface area contributed by atoms with Crippen molar-refractivity contribution in [2.45, 2.75) is 52.3 Å². The second-order valence-electron chi connectivity index (χ2n) is 11.1. The first-order valence-electron chi connectivity index (χ1n) is 14.4. The monoisotopic (exact) mass is 594 g/mol. The molecule has 1 heterocycles. The smallest absolute Gasteiger partial charge is 0.0712 e. The summed E-state index contributed by atoms with van der Waals surface area (Å²) in [6.45, 7) is 15.0. The number of fused-ring (bicyclic) bond motifs is 5. The fourth-order valence-corrected chi connectivity index (χ4v) is 8.04. The zero-order chi connectivity index (χ0) is 30.0. The Labute approximate surface area is 263 Å². The first-order valence-corrected chi connectivity index (χ1v) is 16.1. The van der Waals surface area contributed by atoms with Crippen LogP contribution in [0.25, 0.3) is 11.1 Å². The molecular weight excluding hydrogens is 561 g/mol. The number of nitrogens with zero attached hydrogens (tertiary/aromatic N) is 2. The standard InChI is InChI=1S/C39H34N2S2/c1-6-8-16-27(7-2)33(40-5)24-34(41-25-26-14-10-9-11-15-26)28-19-20-31-29(21-28)30-22-37-38(23-32(30)39(31,3)4)43-36-18-13-12-17-35(36)42-37/h6-24H,1,5,25H2,2-4H3/b16-8-,27-7+,33-24-,41-34?. The van der Waals surface area contributed by atoms with Crippen LogP contribution in [0.4, 0.5) is 0 Å². The molecule has 4 aromatic rings. The van der Waals surface area contributed by atoms with Crippen molar-refractivity contribution in [2.75, 3.05) is 0 Å². The summed E-state index contributed by atoms with van der Waals surface area (Å²) in [5.74, 6) is 0. The van der Waals surface area contributed by atoms with Gasteiger partial charge in [-0.05, 0) is 83.4 Å². The molecule has 4 aromatic carbocycles. The van der Waals surface area contributed by atoms with E-state index in [9.17, 15) is 0 Å². The number of hydrogen-bond donors (Lipinski definition) is 0. The van der Waals surface area contributed by atoms with E-state index in [1.165, 1.54) is 41.8 Å².